The summed E-state index contributed by atoms with van der Waals surface area (Å²) in [6.07, 6.45) is 11.8. The van der Waals surface area contributed by atoms with Gasteiger partial charge in [-0.3, -0.25) is 9.78 Å². The Morgan fingerprint density at radius 3 is 2.65 bits per heavy atom. The Labute approximate surface area is 253 Å². The van der Waals surface area contributed by atoms with Gasteiger partial charge in [0.2, 0.25) is 0 Å². The molecule has 1 aromatic carbocycles. The van der Waals surface area contributed by atoms with E-state index in [2.05, 4.69) is 33.3 Å². The molecule has 0 atom stereocenters. The predicted octanol–water partition coefficient (Wildman–Crippen LogP) is 4.73. The standard InChI is InChI=1S/C31H30ClN9O2/c1-20-5-4-6-25(32)28(20)30(42)38-31(2)7-9-40(10-8-31)27-15-34-26(14-35-27)24-11-23(43-18-22-16-39(3)19-36-22)17-41-29(24)21(12-33)13-37-41/h4-6,11,13-17,19H,7-10,18H2,1-3H3,(H,38,42). The minimum atomic E-state index is -0.371. The number of carbonyl (C=O) groups excluding carboxylic acids is 1. The Morgan fingerprint density at radius 2 is 1.98 bits per heavy atom. The molecule has 1 aliphatic heterocycles. The number of aryl methyl sites for hydroxylation is 2. The number of hydrogen-bond acceptors (Lipinski definition) is 8. The van der Waals surface area contributed by atoms with E-state index in [9.17, 15) is 10.1 Å². The number of imidazole rings is 1. The van der Waals surface area contributed by atoms with Crippen LogP contribution in [0.2, 0.25) is 5.02 Å². The molecule has 0 bridgehead atoms. The topological polar surface area (TPSA) is 126 Å². The summed E-state index contributed by atoms with van der Waals surface area (Å²) < 4.78 is 9.50. The highest BCUT2D eigenvalue weighted by molar-refractivity contribution is 6.34. The van der Waals surface area contributed by atoms with Crippen LogP contribution in [0.4, 0.5) is 5.82 Å². The Bertz CT molecular complexity index is 1830. The maximum Gasteiger partial charge on any atom is 0.253 e. The van der Waals surface area contributed by atoms with Gasteiger partial charge in [-0.2, -0.15) is 10.4 Å². The van der Waals surface area contributed by atoms with Crippen LogP contribution >= 0.6 is 11.6 Å². The van der Waals surface area contributed by atoms with Gasteiger partial charge in [-0.25, -0.2) is 14.5 Å². The lowest BCUT2D eigenvalue weighted by molar-refractivity contribution is 0.0891. The van der Waals surface area contributed by atoms with E-state index in [1.54, 1.807) is 35.5 Å². The average molecular weight is 596 g/mol. The summed E-state index contributed by atoms with van der Waals surface area (Å²) in [6.45, 7) is 5.65. The van der Waals surface area contributed by atoms with Crippen molar-refractivity contribution in [2.75, 3.05) is 18.0 Å². The highest BCUT2D eigenvalue weighted by atomic mass is 35.5. The molecule has 1 fully saturated rings. The predicted molar refractivity (Wildman–Crippen MR) is 162 cm³/mol. The second-order valence-electron chi connectivity index (χ2n) is 11.1. The summed E-state index contributed by atoms with van der Waals surface area (Å²) in [4.78, 5) is 29.0. The fourth-order valence-electron chi connectivity index (χ4n) is 5.39. The normalized spacial score (nSPS) is 14.4. The summed E-state index contributed by atoms with van der Waals surface area (Å²) in [5, 5.41) is 17.7. The first kappa shape index (κ1) is 28.2. The van der Waals surface area contributed by atoms with Gasteiger partial charge in [-0.1, -0.05) is 23.7 Å². The van der Waals surface area contributed by atoms with E-state index in [1.165, 1.54) is 6.20 Å². The Kier molecular flexibility index (Phi) is 7.46. The van der Waals surface area contributed by atoms with Crippen LogP contribution in [-0.2, 0) is 13.7 Å². The number of ether oxygens (including phenoxy) is 1. The van der Waals surface area contributed by atoms with Crippen molar-refractivity contribution >= 4 is 28.8 Å². The number of nitrogens with one attached hydrogen (secondary N) is 1. The van der Waals surface area contributed by atoms with Gasteiger partial charge in [-0.15, -0.1) is 0 Å². The van der Waals surface area contributed by atoms with Crippen LogP contribution in [-0.4, -0.2) is 53.7 Å². The lowest BCUT2D eigenvalue weighted by Gasteiger charge is -2.40. The van der Waals surface area contributed by atoms with Crippen molar-refractivity contribution in [1.29, 1.82) is 5.26 Å². The zero-order chi connectivity index (χ0) is 30.1. The minimum Gasteiger partial charge on any atom is -0.486 e. The third-order valence-electron chi connectivity index (χ3n) is 7.82. The molecule has 1 saturated heterocycles. The van der Waals surface area contributed by atoms with E-state index in [-0.39, 0.29) is 18.1 Å². The van der Waals surface area contributed by atoms with Crippen molar-refractivity contribution in [3.63, 3.8) is 0 Å². The molecule has 0 unspecified atom stereocenters. The fourth-order valence-corrected chi connectivity index (χ4v) is 5.69. The third-order valence-corrected chi connectivity index (χ3v) is 8.14. The van der Waals surface area contributed by atoms with Gasteiger partial charge in [0.25, 0.3) is 5.91 Å². The van der Waals surface area contributed by atoms with E-state index in [0.29, 0.717) is 51.8 Å². The summed E-state index contributed by atoms with van der Waals surface area (Å²) in [5.41, 5.74) is 4.14. The molecule has 11 nitrogen and oxygen atoms in total. The smallest absolute Gasteiger partial charge is 0.253 e. The number of fused-ring (bicyclic) bond motifs is 1. The Balaban J connectivity index is 1.18. The lowest BCUT2D eigenvalue weighted by atomic mass is 9.89. The van der Waals surface area contributed by atoms with E-state index in [4.69, 9.17) is 26.3 Å². The number of aromatic nitrogens is 6. The molecule has 5 heterocycles. The number of anilines is 1. The van der Waals surface area contributed by atoms with E-state index in [1.807, 2.05) is 42.9 Å². The maximum atomic E-state index is 13.1. The van der Waals surface area contributed by atoms with Gasteiger partial charge in [-0.05, 0) is 44.4 Å². The number of rotatable bonds is 7. The van der Waals surface area contributed by atoms with Gasteiger partial charge < -0.3 is 19.5 Å². The van der Waals surface area contributed by atoms with Gasteiger partial charge in [0, 0.05) is 37.4 Å². The molecule has 4 aromatic heterocycles. The number of amides is 1. The molecule has 1 N–H and O–H groups in total. The first-order valence-corrected chi connectivity index (χ1v) is 14.3. The number of benzene rings is 1. The molecule has 1 amide bonds. The van der Waals surface area contributed by atoms with Crippen molar-refractivity contribution < 1.29 is 9.53 Å². The second kappa shape index (κ2) is 11.4. The van der Waals surface area contributed by atoms with Crippen LogP contribution in [0.3, 0.4) is 0 Å². The molecule has 218 valence electrons. The number of hydrogen-bond donors (Lipinski definition) is 1. The lowest BCUT2D eigenvalue weighted by Crippen LogP contribution is -2.53. The minimum absolute atomic E-state index is 0.155. The molecule has 6 rings (SSSR count). The summed E-state index contributed by atoms with van der Waals surface area (Å²) in [6, 6.07) is 9.53. The monoisotopic (exact) mass is 595 g/mol. The third kappa shape index (κ3) is 5.74. The zero-order valence-electron chi connectivity index (χ0n) is 24.1. The quantitative estimate of drug-likeness (QED) is 0.286. The molecule has 0 radical (unpaired) electrons. The number of piperidine rings is 1. The number of halogens is 1. The largest absolute Gasteiger partial charge is 0.486 e. The van der Waals surface area contributed by atoms with Crippen LogP contribution < -0.4 is 15.0 Å². The van der Waals surface area contributed by atoms with Gasteiger partial charge in [0.1, 0.15) is 24.2 Å². The molecule has 5 aromatic rings. The summed E-state index contributed by atoms with van der Waals surface area (Å²) in [5.74, 6) is 1.15. The van der Waals surface area contributed by atoms with Crippen LogP contribution in [0.25, 0.3) is 16.8 Å². The second-order valence-corrected chi connectivity index (χ2v) is 11.5. The first-order valence-electron chi connectivity index (χ1n) is 13.9. The zero-order valence-corrected chi connectivity index (χ0v) is 24.8. The molecular weight excluding hydrogens is 566 g/mol. The van der Waals surface area contributed by atoms with E-state index < -0.39 is 0 Å². The van der Waals surface area contributed by atoms with Gasteiger partial charge in [0.05, 0.1) is 64.2 Å². The van der Waals surface area contributed by atoms with Crippen LogP contribution in [0.1, 0.15) is 46.9 Å². The fraction of sp³-hybridized carbons (Fsp3) is 0.290. The van der Waals surface area contributed by atoms with Crippen LogP contribution in [0.15, 0.2) is 61.6 Å². The molecule has 0 spiro atoms. The maximum absolute atomic E-state index is 13.1. The summed E-state index contributed by atoms with van der Waals surface area (Å²) in [7, 11) is 1.90. The van der Waals surface area contributed by atoms with Crippen molar-refractivity contribution in [2.24, 2.45) is 7.05 Å². The van der Waals surface area contributed by atoms with Crippen molar-refractivity contribution in [3.05, 3.63) is 89.0 Å². The highest BCUT2D eigenvalue weighted by Crippen LogP contribution is 2.31. The first-order chi connectivity index (χ1) is 20.7. The Morgan fingerprint density at radius 1 is 1.16 bits per heavy atom. The molecule has 0 aliphatic carbocycles. The van der Waals surface area contributed by atoms with Gasteiger partial charge in [0.15, 0.2) is 0 Å². The van der Waals surface area contributed by atoms with E-state index in [0.717, 1.165) is 29.9 Å². The van der Waals surface area contributed by atoms with Crippen LogP contribution in [0.5, 0.6) is 5.75 Å². The van der Waals surface area contributed by atoms with Crippen molar-refractivity contribution in [1.82, 2.24) is 34.4 Å². The molecule has 43 heavy (non-hydrogen) atoms. The van der Waals surface area contributed by atoms with Crippen molar-refractivity contribution in [3.8, 4) is 23.1 Å². The number of pyridine rings is 1. The van der Waals surface area contributed by atoms with Gasteiger partial charge >= 0.3 is 0 Å². The molecule has 12 heteroatoms. The summed E-state index contributed by atoms with van der Waals surface area (Å²) >= 11 is 6.33. The highest BCUT2D eigenvalue weighted by Gasteiger charge is 2.33. The average Bonchev–Trinajstić information content (AvgIpc) is 3.61. The number of carbonyl (C=O) groups is 1. The number of nitriles is 1. The molecule has 0 saturated carbocycles. The molecule has 1 aliphatic rings. The Hall–Kier alpha value is -4.95. The van der Waals surface area contributed by atoms with Crippen molar-refractivity contribution in [2.45, 2.75) is 38.8 Å². The number of nitrogens with zero attached hydrogens (tertiary/aromatic N) is 8. The SMILES string of the molecule is Cc1cccc(Cl)c1C(=O)NC1(C)CCN(c2cnc(-c3cc(OCc4cn(C)cn4)cn4ncc(C#N)c34)cn2)CC1. The van der Waals surface area contributed by atoms with Crippen LogP contribution in [0, 0.1) is 18.3 Å². The van der Waals surface area contributed by atoms with E-state index >= 15 is 0 Å². The molecular formula is C31H30ClN9O2.